The van der Waals surface area contributed by atoms with E-state index in [9.17, 15) is 9.90 Å². The quantitative estimate of drug-likeness (QED) is 0.725. The van der Waals surface area contributed by atoms with Gasteiger partial charge in [-0.2, -0.15) is 0 Å². The molecule has 1 aromatic carbocycles. The molecule has 0 aliphatic heterocycles. The van der Waals surface area contributed by atoms with Gasteiger partial charge in [-0.25, -0.2) is 0 Å². The average molecular weight is 291 g/mol. The zero-order valence-corrected chi connectivity index (χ0v) is 13.7. The fraction of sp³-hybridized carbons (Fsp3) is 0.611. The molecule has 0 fully saturated rings. The summed E-state index contributed by atoms with van der Waals surface area (Å²) < 4.78 is 0. The van der Waals surface area contributed by atoms with Gasteiger partial charge in [0.15, 0.2) is 0 Å². The van der Waals surface area contributed by atoms with Gasteiger partial charge in [-0.1, -0.05) is 58.0 Å². The van der Waals surface area contributed by atoms with Crippen molar-refractivity contribution >= 4 is 5.97 Å². The summed E-state index contributed by atoms with van der Waals surface area (Å²) >= 11 is 0. The Labute approximate surface area is 128 Å². The fourth-order valence-electron chi connectivity index (χ4n) is 2.66. The third-order valence-electron chi connectivity index (χ3n) is 3.64. The summed E-state index contributed by atoms with van der Waals surface area (Å²) in [5.74, 6) is 0.574. The average Bonchev–Trinajstić information content (AvgIpc) is 2.41. The summed E-state index contributed by atoms with van der Waals surface area (Å²) in [5, 5.41) is 12.6. The van der Waals surface area contributed by atoms with Crippen LogP contribution in [0.2, 0.25) is 0 Å². The van der Waals surface area contributed by atoms with Gasteiger partial charge in [0, 0.05) is 6.54 Å². The monoisotopic (exact) mass is 291 g/mol. The SMILES string of the molecule is CC(C)CC(CN[C@H](CC(C)C)C(=O)O)c1ccccc1. The molecular weight excluding hydrogens is 262 g/mol. The summed E-state index contributed by atoms with van der Waals surface area (Å²) in [5.41, 5.74) is 1.28. The third kappa shape index (κ3) is 6.76. The van der Waals surface area contributed by atoms with Crippen LogP contribution in [0, 0.1) is 11.8 Å². The summed E-state index contributed by atoms with van der Waals surface area (Å²) in [6.45, 7) is 9.24. The van der Waals surface area contributed by atoms with E-state index in [2.05, 4.69) is 45.1 Å². The van der Waals surface area contributed by atoms with Crippen LogP contribution in [0.5, 0.6) is 0 Å². The largest absolute Gasteiger partial charge is 0.480 e. The first kappa shape index (κ1) is 17.7. The summed E-state index contributed by atoms with van der Waals surface area (Å²) in [6, 6.07) is 9.92. The van der Waals surface area contributed by atoms with Crippen LogP contribution in [0.15, 0.2) is 30.3 Å². The van der Waals surface area contributed by atoms with Gasteiger partial charge in [0.05, 0.1) is 0 Å². The summed E-state index contributed by atoms with van der Waals surface area (Å²) in [7, 11) is 0. The first-order chi connectivity index (χ1) is 9.90. The normalized spacial score (nSPS) is 14.4. The van der Waals surface area contributed by atoms with Gasteiger partial charge in [-0.15, -0.1) is 0 Å². The minimum atomic E-state index is -0.750. The Morgan fingerprint density at radius 3 is 2.10 bits per heavy atom. The number of hydrogen-bond acceptors (Lipinski definition) is 2. The van der Waals surface area contributed by atoms with E-state index in [0.29, 0.717) is 30.7 Å². The summed E-state index contributed by atoms with van der Waals surface area (Å²) in [6.07, 6.45) is 1.73. The maximum absolute atomic E-state index is 11.3. The predicted octanol–water partition coefficient (Wildman–Crippen LogP) is 3.91. The number of carboxylic acid groups (broad SMARTS) is 1. The van der Waals surface area contributed by atoms with E-state index in [-0.39, 0.29) is 0 Å². The summed E-state index contributed by atoms with van der Waals surface area (Å²) in [4.78, 5) is 11.3. The molecule has 0 aliphatic rings. The van der Waals surface area contributed by atoms with Crippen molar-refractivity contribution in [3.63, 3.8) is 0 Å². The van der Waals surface area contributed by atoms with Crippen LogP contribution in [0.1, 0.15) is 52.0 Å². The zero-order valence-electron chi connectivity index (χ0n) is 13.7. The van der Waals surface area contributed by atoms with Crippen LogP contribution in [0.25, 0.3) is 0 Å². The fourth-order valence-corrected chi connectivity index (χ4v) is 2.66. The van der Waals surface area contributed by atoms with Crippen molar-refractivity contribution in [2.75, 3.05) is 6.54 Å². The second-order valence-electron chi connectivity index (χ2n) is 6.67. The Bertz CT molecular complexity index is 414. The minimum Gasteiger partial charge on any atom is -0.480 e. The Balaban J connectivity index is 2.70. The molecule has 0 aliphatic carbocycles. The number of rotatable bonds is 9. The van der Waals surface area contributed by atoms with Crippen molar-refractivity contribution < 1.29 is 9.90 Å². The lowest BCUT2D eigenvalue weighted by Crippen LogP contribution is -2.40. The van der Waals surface area contributed by atoms with Crippen molar-refractivity contribution in [1.82, 2.24) is 5.32 Å². The lowest BCUT2D eigenvalue weighted by atomic mass is 9.90. The van der Waals surface area contributed by atoms with E-state index in [1.165, 1.54) is 5.56 Å². The minimum absolute atomic E-state index is 0.361. The van der Waals surface area contributed by atoms with E-state index in [0.717, 1.165) is 6.42 Å². The lowest BCUT2D eigenvalue weighted by Gasteiger charge is -2.23. The van der Waals surface area contributed by atoms with Crippen molar-refractivity contribution in [3.05, 3.63) is 35.9 Å². The number of carboxylic acids is 1. The number of nitrogens with one attached hydrogen (secondary N) is 1. The molecule has 0 aromatic heterocycles. The number of benzene rings is 1. The molecule has 21 heavy (non-hydrogen) atoms. The Kier molecular flexibility index (Phi) is 7.44. The van der Waals surface area contributed by atoms with Crippen molar-refractivity contribution in [3.8, 4) is 0 Å². The van der Waals surface area contributed by atoms with Crippen LogP contribution in [-0.4, -0.2) is 23.7 Å². The van der Waals surface area contributed by atoms with Crippen LogP contribution >= 0.6 is 0 Å². The van der Waals surface area contributed by atoms with Crippen LogP contribution in [-0.2, 0) is 4.79 Å². The van der Waals surface area contributed by atoms with Crippen LogP contribution < -0.4 is 5.32 Å². The lowest BCUT2D eigenvalue weighted by molar-refractivity contribution is -0.139. The zero-order chi connectivity index (χ0) is 15.8. The highest BCUT2D eigenvalue weighted by atomic mass is 16.4. The maximum Gasteiger partial charge on any atom is 0.320 e. The Hall–Kier alpha value is -1.35. The number of aliphatic carboxylic acids is 1. The molecule has 1 aromatic rings. The molecule has 1 unspecified atom stereocenters. The van der Waals surface area contributed by atoms with Crippen LogP contribution in [0.3, 0.4) is 0 Å². The maximum atomic E-state index is 11.3. The van der Waals surface area contributed by atoms with Gasteiger partial charge < -0.3 is 10.4 Å². The van der Waals surface area contributed by atoms with Crippen LogP contribution in [0.4, 0.5) is 0 Å². The molecule has 0 bridgehead atoms. The molecule has 118 valence electrons. The Morgan fingerprint density at radius 1 is 1.05 bits per heavy atom. The van der Waals surface area contributed by atoms with E-state index in [1.807, 2.05) is 18.2 Å². The molecule has 0 saturated heterocycles. The number of hydrogen-bond donors (Lipinski definition) is 2. The highest BCUT2D eigenvalue weighted by molar-refractivity contribution is 5.73. The smallest absolute Gasteiger partial charge is 0.320 e. The molecule has 0 spiro atoms. The predicted molar refractivity (Wildman–Crippen MR) is 87.5 cm³/mol. The topological polar surface area (TPSA) is 49.3 Å². The number of carbonyl (C=O) groups is 1. The molecule has 0 saturated carbocycles. The molecule has 1 rings (SSSR count). The second-order valence-corrected chi connectivity index (χ2v) is 6.67. The molecule has 0 heterocycles. The van der Waals surface area contributed by atoms with Gasteiger partial charge in [-0.3, -0.25) is 4.79 Å². The van der Waals surface area contributed by atoms with Crippen molar-refractivity contribution in [2.24, 2.45) is 11.8 Å². The van der Waals surface area contributed by atoms with Gasteiger partial charge in [-0.05, 0) is 36.2 Å². The molecule has 0 amide bonds. The van der Waals surface area contributed by atoms with Gasteiger partial charge in [0.25, 0.3) is 0 Å². The molecule has 3 heteroatoms. The Morgan fingerprint density at radius 2 is 1.62 bits per heavy atom. The highest BCUT2D eigenvalue weighted by Crippen LogP contribution is 2.23. The van der Waals surface area contributed by atoms with E-state index < -0.39 is 12.0 Å². The highest BCUT2D eigenvalue weighted by Gasteiger charge is 2.21. The van der Waals surface area contributed by atoms with Crippen molar-refractivity contribution in [2.45, 2.75) is 52.5 Å². The third-order valence-corrected chi connectivity index (χ3v) is 3.64. The van der Waals surface area contributed by atoms with Gasteiger partial charge in [0.1, 0.15) is 6.04 Å². The van der Waals surface area contributed by atoms with E-state index in [4.69, 9.17) is 0 Å². The second kappa shape index (κ2) is 8.83. The molecular formula is C18H29NO2. The van der Waals surface area contributed by atoms with E-state index in [1.54, 1.807) is 0 Å². The van der Waals surface area contributed by atoms with Gasteiger partial charge >= 0.3 is 5.97 Å². The first-order valence-electron chi connectivity index (χ1n) is 7.91. The van der Waals surface area contributed by atoms with Crippen molar-refractivity contribution in [1.29, 1.82) is 0 Å². The molecule has 2 N–H and O–H groups in total. The molecule has 0 radical (unpaired) electrons. The van der Waals surface area contributed by atoms with E-state index >= 15 is 0 Å². The van der Waals surface area contributed by atoms with Gasteiger partial charge in [0.2, 0.25) is 0 Å². The first-order valence-corrected chi connectivity index (χ1v) is 7.91. The molecule has 2 atom stereocenters. The molecule has 3 nitrogen and oxygen atoms in total. The standard InChI is InChI=1S/C18H29NO2/c1-13(2)10-16(15-8-6-5-7-9-15)12-19-17(18(20)21)11-14(3)4/h5-9,13-14,16-17,19H,10-12H2,1-4H3,(H,20,21)/t16?,17-/m1/s1.